The Hall–Kier alpha value is -5.60. The van der Waals surface area contributed by atoms with Crippen molar-refractivity contribution in [3.05, 3.63) is 84.4 Å². The topological polar surface area (TPSA) is 183 Å². The van der Waals surface area contributed by atoms with Gasteiger partial charge in [0.25, 0.3) is 0 Å². The summed E-state index contributed by atoms with van der Waals surface area (Å²) in [5, 5.41) is 26.8. The zero-order valence-electron chi connectivity index (χ0n) is 23.9. The smallest absolute Gasteiger partial charge is 0.490 e. The number of carboxylic acid groups (broad SMARTS) is 2. The Kier molecular flexibility index (Phi) is 13.8. The van der Waals surface area contributed by atoms with E-state index >= 15 is 0 Å². The van der Waals surface area contributed by atoms with Gasteiger partial charge in [-0.25, -0.2) is 9.59 Å². The monoisotopic (exact) mass is 632 g/mol. The molecule has 6 N–H and O–H groups in total. The van der Waals surface area contributed by atoms with Gasteiger partial charge in [-0.3, -0.25) is 14.4 Å². The fraction of sp³-hybridized carbons (Fsp3) is 0.233. The molecule has 45 heavy (non-hydrogen) atoms. The van der Waals surface area contributed by atoms with Gasteiger partial charge in [-0.1, -0.05) is 54.6 Å². The van der Waals surface area contributed by atoms with E-state index in [1.165, 1.54) is 0 Å². The maximum Gasteiger partial charge on any atom is 0.490 e. The molecule has 0 spiro atoms. The summed E-state index contributed by atoms with van der Waals surface area (Å²) in [6.07, 6.45) is -5.43. The van der Waals surface area contributed by atoms with Gasteiger partial charge in [-0.15, -0.1) is 0 Å². The van der Waals surface area contributed by atoms with Gasteiger partial charge < -0.3 is 36.2 Å². The fourth-order valence-electron chi connectivity index (χ4n) is 3.62. The highest BCUT2D eigenvalue weighted by atomic mass is 19.4. The van der Waals surface area contributed by atoms with Crippen LogP contribution in [0, 0.1) is 0 Å². The summed E-state index contributed by atoms with van der Waals surface area (Å²) in [4.78, 5) is 56.7. The van der Waals surface area contributed by atoms with Crippen LogP contribution in [0.3, 0.4) is 0 Å². The predicted molar refractivity (Wildman–Crippen MR) is 156 cm³/mol. The number of alkyl halides is 3. The number of rotatable bonds is 12. The van der Waals surface area contributed by atoms with Crippen LogP contribution in [0.5, 0.6) is 5.75 Å². The molecular formula is C30H31F3N4O8. The van der Waals surface area contributed by atoms with Crippen LogP contribution in [0.1, 0.15) is 24.4 Å². The summed E-state index contributed by atoms with van der Waals surface area (Å²) in [5.74, 6) is -4.13. The third-order valence-electron chi connectivity index (χ3n) is 5.81. The van der Waals surface area contributed by atoms with Gasteiger partial charge in [0.1, 0.15) is 5.75 Å². The number of carbonyl (C=O) groups excluding carboxylic acids is 3. The van der Waals surface area contributed by atoms with E-state index in [4.69, 9.17) is 14.6 Å². The molecule has 0 aliphatic carbocycles. The van der Waals surface area contributed by atoms with Crippen LogP contribution in [0.2, 0.25) is 0 Å². The van der Waals surface area contributed by atoms with Gasteiger partial charge in [0, 0.05) is 18.7 Å². The molecule has 0 heterocycles. The number of urea groups is 1. The number of hydrogen-bond donors (Lipinski definition) is 6. The molecular weight excluding hydrogens is 601 g/mol. The second kappa shape index (κ2) is 17.5. The lowest BCUT2D eigenvalue weighted by molar-refractivity contribution is -0.192. The summed E-state index contributed by atoms with van der Waals surface area (Å²) in [6, 6.07) is 22.5. The first-order chi connectivity index (χ1) is 21.3. The summed E-state index contributed by atoms with van der Waals surface area (Å²) < 4.78 is 36.8. The molecule has 12 nitrogen and oxygen atoms in total. The van der Waals surface area contributed by atoms with Crippen LogP contribution >= 0.6 is 0 Å². The number of ether oxygens (including phenoxy) is 1. The maximum atomic E-state index is 12.4. The number of anilines is 1. The van der Waals surface area contributed by atoms with Gasteiger partial charge >= 0.3 is 24.1 Å². The molecule has 4 amide bonds. The first-order valence-electron chi connectivity index (χ1n) is 13.2. The first kappa shape index (κ1) is 35.6. The van der Waals surface area contributed by atoms with Crippen molar-refractivity contribution in [3.63, 3.8) is 0 Å². The standard InChI is InChI=1S/C28H30N4O6.C2HF3O2/c1-38-23-13-11-22(12-14-23)31-28(37)29-16-15-25(33)30-18-26(34)32-24(17-27(35)36)21-9-7-20(8-10-21)19-5-3-2-4-6-19;3-2(4,5)1(6)7/h2-14,24H,15-18H2,1H3,(H,30,33)(H,32,34)(H,35,36)(H2,29,31,37);(H,6,7). The third-order valence-corrected chi connectivity index (χ3v) is 5.81. The Balaban J connectivity index is 0.000000900. The summed E-state index contributed by atoms with van der Waals surface area (Å²) in [5.41, 5.74) is 3.19. The molecule has 3 rings (SSSR count). The van der Waals surface area contributed by atoms with Gasteiger partial charge in [-0.05, 0) is 41.0 Å². The van der Waals surface area contributed by atoms with E-state index in [1.807, 2.05) is 42.5 Å². The Morgan fingerprint density at radius 3 is 1.91 bits per heavy atom. The Bertz CT molecular complexity index is 1430. The molecule has 0 radical (unpaired) electrons. The molecule has 15 heteroatoms. The van der Waals surface area contributed by atoms with Gasteiger partial charge in [0.05, 0.1) is 26.1 Å². The molecule has 0 bridgehead atoms. The average Bonchev–Trinajstić information content (AvgIpc) is 3.00. The van der Waals surface area contributed by atoms with Crippen molar-refractivity contribution < 1.29 is 52.1 Å². The normalized spacial score (nSPS) is 11.1. The predicted octanol–water partition coefficient (Wildman–Crippen LogP) is 3.96. The van der Waals surface area contributed by atoms with Crippen LogP contribution in [0.4, 0.5) is 23.7 Å². The lowest BCUT2D eigenvalue weighted by atomic mass is 9.99. The highest BCUT2D eigenvalue weighted by Gasteiger charge is 2.38. The number of benzene rings is 3. The molecule has 0 aromatic heterocycles. The summed E-state index contributed by atoms with van der Waals surface area (Å²) >= 11 is 0. The van der Waals surface area contributed by atoms with Crippen molar-refractivity contribution in [2.75, 3.05) is 25.5 Å². The number of carbonyl (C=O) groups is 5. The molecule has 3 aromatic carbocycles. The Labute approximate surface area is 255 Å². The molecule has 0 saturated heterocycles. The number of nitrogens with one attached hydrogen (secondary N) is 4. The fourth-order valence-corrected chi connectivity index (χ4v) is 3.62. The second-order valence-corrected chi connectivity index (χ2v) is 9.15. The highest BCUT2D eigenvalue weighted by molar-refractivity contribution is 5.90. The van der Waals surface area contributed by atoms with E-state index in [0.29, 0.717) is 17.0 Å². The quantitative estimate of drug-likeness (QED) is 0.173. The van der Waals surface area contributed by atoms with E-state index in [9.17, 15) is 37.5 Å². The zero-order chi connectivity index (χ0) is 33.4. The average molecular weight is 633 g/mol. The molecule has 0 aliphatic rings. The largest absolute Gasteiger partial charge is 0.497 e. The molecule has 0 saturated carbocycles. The number of aliphatic carboxylic acids is 2. The number of methoxy groups -OCH3 is 1. The minimum atomic E-state index is -5.08. The van der Waals surface area contributed by atoms with Crippen molar-refractivity contribution in [2.24, 2.45) is 0 Å². The maximum absolute atomic E-state index is 12.4. The van der Waals surface area contributed by atoms with Crippen molar-refractivity contribution in [1.29, 1.82) is 0 Å². The Morgan fingerprint density at radius 2 is 1.38 bits per heavy atom. The summed E-state index contributed by atoms with van der Waals surface area (Å²) in [6.45, 7) is -0.264. The lowest BCUT2D eigenvalue weighted by Gasteiger charge is -2.18. The molecule has 3 aromatic rings. The van der Waals surface area contributed by atoms with E-state index < -0.39 is 42.0 Å². The Morgan fingerprint density at radius 1 is 0.800 bits per heavy atom. The number of carboxylic acids is 2. The van der Waals surface area contributed by atoms with Crippen LogP contribution in [0.25, 0.3) is 11.1 Å². The van der Waals surface area contributed by atoms with Gasteiger partial charge in [0.2, 0.25) is 11.8 Å². The number of halogens is 3. The van der Waals surface area contributed by atoms with Crippen LogP contribution in [-0.2, 0) is 19.2 Å². The second-order valence-electron chi connectivity index (χ2n) is 9.15. The van der Waals surface area contributed by atoms with Crippen molar-refractivity contribution in [2.45, 2.75) is 25.1 Å². The summed E-state index contributed by atoms with van der Waals surface area (Å²) in [7, 11) is 1.54. The molecule has 1 unspecified atom stereocenters. The number of amides is 4. The number of hydrogen-bond acceptors (Lipinski definition) is 6. The van der Waals surface area contributed by atoms with Crippen LogP contribution < -0.4 is 26.0 Å². The molecule has 1 atom stereocenters. The first-order valence-corrected chi connectivity index (χ1v) is 13.2. The van der Waals surface area contributed by atoms with Crippen molar-refractivity contribution >= 4 is 35.5 Å². The van der Waals surface area contributed by atoms with Crippen molar-refractivity contribution in [1.82, 2.24) is 16.0 Å². The SMILES string of the molecule is COc1ccc(NC(=O)NCCC(=O)NCC(=O)NC(CC(=O)O)c2ccc(-c3ccccc3)cc2)cc1.O=C(O)C(F)(F)F. The lowest BCUT2D eigenvalue weighted by Crippen LogP contribution is -2.40. The van der Waals surface area contributed by atoms with Crippen LogP contribution in [-0.4, -0.2) is 66.4 Å². The zero-order valence-corrected chi connectivity index (χ0v) is 23.9. The minimum absolute atomic E-state index is 0.0389. The van der Waals surface area contributed by atoms with Crippen LogP contribution in [0.15, 0.2) is 78.9 Å². The van der Waals surface area contributed by atoms with E-state index in [2.05, 4.69) is 21.3 Å². The third kappa shape index (κ3) is 13.5. The van der Waals surface area contributed by atoms with Crippen molar-refractivity contribution in [3.8, 4) is 16.9 Å². The highest BCUT2D eigenvalue weighted by Crippen LogP contribution is 2.23. The minimum Gasteiger partial charge on any atom is -0.497 e. The molecule has 240 valence electrons. The van der Waals surface area contributed by atoms with E-state index in [0.717, 1.165) is 11.1 Å². The van der Waals surface area contributed by atoms with Gasteiger partial charge in [0.15, 0.2) is 0 Å². The van der Waals surface area contributed by atoms with E-state index in [-0.39, 0.29) is 25.9 Å². The van der Waals surface area contributed by atoms with Gasteiger partial charge in [-0.2, -0.15) is 13.2 Å². The van der Waals surface area contributed by atoms with E-state index in [1.54, 1.807) is 43.5 Å². The molecule has 0 aliphatic heterocycles. The molecule has 0 fully saturated rings.